The molecule has 0 saturated carbocycles. The summed E-state index contributed by atoms with van der Waals surface area (Å²) in [5.41, 5.74) is 3.89. The van der Waals surface area contributed by atoms with E-state index < -0.39 is 0 Å². The number of hydrogen-bond acceptors (Lipinski definition) is 2. The van der Waals surface area contributed by atoms with Crippen LogP contribution in [-0.4, -0.2) is 10.9 Å². The van der Waals surface area contributed by atoms with Gasteiger partial charge in [-0.3, -0.25) is 9.78 Å². The van der Waals surface area contributed by atoms with Crippen molar-refractivity contribution in [1.82, 2.24) is 4.98 Å². The minimum atomic E-state index is 0.0757. The highest BCUT2D eigenvalue weighted by Gasteiger charge is 2.16. The van der Waals surface area contributed by atoms with E-state index in [2.05, 4.69) is 10.3 Å². The fraction of sp³-hybridized carbons (Fsp3) is 0.143. The Morgan fingerprint density at radius 2 is 1.82 bits per heavy atom. The summed E-state index contributed by atoms with van der Waals surface area (Å²) < 4.78 is 0. The molecule has 3 rings (SSSR count). The summed E-state index contributed by atoms with van der Waals surface area (Å²) in [6.07, 6.45) is 1.25. The van der Waals surface area contributed by atoms with Crippen molar-refractivity contribution in [2.24, 2.45) is 0 Å². The number of rotatable bonds is 1. The molecule has 1 aliphatic heterocycles. The lowest BCUT2D eigenvalue weighted by Crippen LogP contribution is -2.19. The molecule has 3 nitrogen and oxygen atoms in total. The first-order valence-electron chi connectivity index (χ1n) is 5.68. The maximum Gasteiger partial charge on any atom is 0.224 e. The highest BCUT2D eigenvalue weighted by molar-refractivity contribution is 5.93. The summed E-state index contributed by atoms with van der Waals surface area (Å²) in [4.78, 5) is 15.8. The Hall–Kier alpha value is -2.16. The maximum atomic E-state index is 11.2. The van der Waals surface area contributed by atoms with Crippen LogP contribution in [0.1, 0.15) is 12.1 Å². The number of fused-ring (bicyclic) bond motifs is 1. The summed E-state index contributed by atoms with van der Waals surface area (Å²) in [6, 6.07) is 13.9. The molecule has 2 heterocycles. The second-order valence-corrected chi connectivity index (χ2v) is 4.10. The Bertz CT molecular complexity index is 564. The average Bonchev–Trinajstić information content (AvgIpc) is 2.39. The molecule has 84 valence electrons. The Balaban J connectivity index is 2.02. The van der Waals surface area contributed by atoms with Crippen molar-refractivity contribution in [2.45, 2.75) is 12.8 Å². The van der Waals surface area contributed by atoms with Gasteiger partial charge in [-0.05, 0) is 12.1 Å². The average molecular weight is 224 g/mol. The summed E-state index contributed by atoms with van der Waals surface area (Å²) in [7, 11) is 0. The van der Waals surface area contributed by atoms with Crippen molar-refractivity contribution in [3.63, 3.8) is 0 Å². The zero-order valence-electron chi connectivity index (χ0n) is 9.31. The predicted molar refractivity (Wildman–Crippen MR) is 66.6 cm³/mol. The zero-order chi connectivity index (χ0) is 11.7. The highest BCUT2D eigenvalue weighted by Crippen LogP contribution is 2.25. The van der Waals surface area contributed by atoms with Crippen LogP contribution in [-0.2, 0) is 11.2 Å². The van der Waals surface area contributed by atoms with Crippen LogP contribution in [0.3, 0.4) is 0 Å². The van der Waals surface area contributed by atoms with Crippen LogP contribution in [0.15, 0.2) is 42.5 Å². The summed E-state index contributed by atoms with van der Waals surface area (Å²) >= 11 is 0. The standard InChI is InChI=1S/C14H12N2O/c17-14-9-8-12-13(16-14)7-6-11(15-12)10-4-2-1-3-5-10/h1-7H,8-9H2,(H,16,17). The van der Waals surface area contributed by atoms with Gasteiger partial charge < -0.3 is 5.32 Å². The minimum Gasteiger partial charge on any atom is -0.324 e. The van der Waals surface area contributed by atoms with Crippen molar-refractivity contribution < 1.29 is 4.79 Å². The third kappa shape index (κ3) is 1.91. The first-order chi connectivity index (χ1) is 8.33. The molecule has 0 saturated heterocycles. The van der Waals surface area contributed by atoms with Gasteiger partial charge in [0.1, 0.15) is 0 Å². The monoisotopic (exact) mass is 224 g/mol. The summed E-state index contributed by atoms with van der Waals surface area (Å²) in [6.45, 7) is 0. The van der Waals surface area contributed by atoms with Crippen molar-refractivity contribution in [2.75, 3.05) is 5.32 Å². The molecule has 3 heteroatoms. The van der Waals surface area contributed by atoms with E-state index in [4.69, 9.17) is 0 Å². The van der Waals surface area contributed by atoms with Gasteiger partial charge in [-0.25, -0.2) is 0 Å². The van der Waals surface area contributed by atoms with Crippen LogP contribution < -0.4 is 5.32 Å². The molecule has 0 spiro atoms. The van der Waals surface area contributed by atoms with Gasteiger partial charge in [0, 0.05) is 18.4 Å². The number of hydrogen-bond donors (Lipinski definition) is 1. The molecular weight excluding hydrogens is 212 g/mol. The smallest absolute Gasteiger partial charge is 0.224 e. The Morgan fingerprint density at radius 3 is 2.65 bits per heavy atom. The van der Waals surface area contributed by atoms with Crippen LogP contribution in [0.2, 0.25) is 0 Å². The number of anilines is 1. The molecule has 0 atom stereocenters. The molecule has 0 radical (unpaired) electrons. The topological polar surface area (TPSA) is 42.0 Å². The second kappa shape index (κ2) is 4.01. The van der Waals surface area contributed by atoms with Crippen LogP contribution >= 0.6 is 0 Å². The fourth-order valence-electron chi connectivity index (χ4n) is 2.02. The van der Waals surface area contributed by atoms with Crippen LogP contribution in [0, 0.1) is 0 Å². The summed E-state index contributed by atoms with van der Waals surface area (Å²) in [5.74, 6) is 0.0757. The Labute approximate surface area is 99.5 Å². The van der Waals surface area contributed by atoms with E-state index in [1.807, 2.05) is 42.5 Å². The largest absolute Gasteiger partial charge is 0.324 e. The van der Waals surface area contributed by atoms with Gasteiger partial charge in [0.05, 0.1) is 17.1 Å². The van der Waals surface area contributed by atoms with Gasteiger partial charge in [-0.1, -0.05) is 30.3 Å². The molecule has 0 bridgehead atoms. The normalized spacial score (nSPS) is 14.0. The van der Waals surface area contributed by atoms with Crippen LogP contribution in [0.4, 0.5) is 5.69 Å². The lowest BCUT2D eigenvalue weighted by molar-refractivity contribution is -0.116. The number of pyridine rings is 1. The number of carbonyl (C=O) groups is 1. The van der Waals surface area contributed by atoms with Gasteiger partial charge in [0.2, 0.25) is 5.91 Å². The quantitative estimate of drug-likeness (QED) is 0.809. The van der Waals surface area contributed by atoms with Gasteiger partial charge in [-0.2, -0.15) is 0 Å². The predicted octanol–water partition coefficient (Wildman–Crippen LogP) is 2.63. The lowest BCUT2D eigenvalue weighted by Gasteiger charge is -2.16. The Kier molecular flexibility index (Phi) is 2.37. The van der Waals surface area contributed by atoms with E-state index in [-0.39, 0.29) is 5.91 Å². The molecule has 0 unspecified atom stereocenters. The lowest BCUT2D eigenvalue weighted by atomic mass is 10.1. The molecule has 1 aliphatic rings. The van der Waals surface area contributed by atoms with Crippen LogP contribution in [0.25, 0.3) is 11.3 Å². The number of carbonyl (C=O) groups excluding carboxylic acids is 1. The van der Waals surface area contributed by atoms with E-state index in [1.165, 1.54) is 0 Å². The molecule has 1 aromatic heterocycles. The Morgan fingerprint density at radius 1 is 1.00 bits per heavy atom. The highest BCUT2D eigenvalue weighted by atomic mass is 16.1. The molecule has 0 aliphatic carbocycles. The molecule has 1 aromatic carbocycles. The van der Waals surface area contributed by atoms with Gasteiger partial charge in [-0.15, -0.1) is 0 Å². The second-order valence-electron chi connectivity index (χ2n) is 4.10. The van der Waals surface area contributed by atoms with Gasteiger partial charge in [0.15, 0.2) is 0 Å². The van der Waals surface area contributed by atoms with Crippen molar-refractivity contribution in [1.29, 1.82) is 0 Å². The third-order valence-corrected chi connectivity index (χ3v) is 2.91. The van der Waals surface area contributed by atoms with E-state index in [0.717, 1.165) is 29.1 Å². The summed E-state index contributed by atoms with van der Waals surface area (Å²) in [5, 5.41) is 2.84. The number of nitrogens with zero attached hydrogens (tertiary/aromatic N) is 1. The maximum absolute atomic E-state index is 11.2. The fourth-order valence-corrected chi connectivity index (χ4v) is 2.02. The van der Waals surface area contributed by atoms with Crippen molar-refractivity contribution >= 4 is 11.6 Å². The van der Waals surface area contributed by atoms with E-state index >= 15 is 0 Å². The van der Waals surface area contributed by atoms with Crippen molar-refractivity contribution in [3.8, 4) is 11.3 Å². The van der Waals surface area contributed by atoms with Crippen molar-refractivity contribution in [3.05, 3.63) is 48.2 Å². The molecule has 2 aromatic rings. The van der Waals surface area contributed by atoms with Gasteiger partial charge in [0.25, 0.3) is 0 Å². The third-order valence-electron chi connectivity index (χ3n) is 2.91. The molecule has 1 amide bonds. The van der Waals surface area contributed by atoms with E-state index in [0.29, 0.717) is 6.42 Å². The number of nitrogens with one attached hydrogen (secondary N) is 1. The zero-order valence-corrected chi connectivity index (χ0v) is 9.31. The minimum absolute atomic E-state index is 0.0757. The number of aryl methyl sites for hydroxylation is 1. The number of aromatic nitrogens is 1. The molecule has 1 N–H and O–H groups in total. The molecular formula is C14H12N2O. The number of benzene rings is 1. The molecule has 0 fully saturated rings. The SMILES string of the molecule is O=C1CCc2nc(-c3ccccc3)ccc2N1. The van der Waals surface area contributed by atoms with Crippen LogP contribution in [0.5, 0.6) is 0 Å². The number of amides is 1. The van der Waals surface area contributed by atoms with E-state index in [9.17, 15) is 4.79 Å². The van der Waals surface area contributed by atoms with Gasteiger partial charge >= 0.3 is 0 Å². The first-order valence-corrected chi connectivity index (χ1v) is 5.68. The van der Waals surface area contributed by atoms with E-state index in [1.54, 1.807) is 0 Å². The first kappa shape index (κ1) is 10.0. The molecule has 17 heavy (non-hydrogen) atoms.